The Morgan fingerprint density at radius 1 is 0.957 bits per heavy atom. The first kappa shape index (κ1) is 15.6. The summed E-state index contributed by atoms with van der Waals surface area (Å²) in [5.41, 5.74) is 0.562. The smallest absolute Gasteiger partial charge is 0.317 e. The summed E-state index contributed by atoms with van der Waals surface area (Å²) in [6, 6.07) is 6.58. The molecule has 6 heteroatoms. The third-order valence-electron chi connectivity index (χ3n) is 4.65. The molecule has 124 valence electrons. The van der Waals surface area contributed by atoms with Crippen molar-refractivity contribution in [2.45, 2.75) is 31.7 Å². The van der Waals surface area contributed by atoms with Crippen molar-refractivity contribution in [2.24, 2.45) is 0 Å². The van der Waals surface area contributed by atoms with Crippen LogP contribution in [0.4, 0.5) is 4.79 Å². The third-order valence-corrected chi connectivity index (χ3v) is 4.65. The first-order valence-corrected chi connectivity index (χ1v) is 8.27. The lowest BCUT2D eigenvalue weighted by Gasteiger charge is -2.35. The van der Waals surface area contributed by atoms with Gasteiger partial charge in [-0.2, -0.15) is 0 Å². The van der Waals surface area contributed by atoms with Crippen LogP contribution in [0.3, 0.4) is 0 Å². The molecule has 2 fully saturated rings. The summed E-state index contributed by atoms with van der Waals surface area (Å²) >= 11 is 0. The quantitative estimate of drug-likeness (QED) is 0.873. The Bertz CT molecular complexity index is 559. The summed E-state index contributed by atoms with van der Waals surface area (Å²) in [5, 5.41) is 12.4. The van der Waals surface area contributed by atoms with Gasteiger partial charge in [0.05, 0.1) is 0 Å². The van der Waals surface area contributed by atoms with Crippen molar-refractivity contribution in [1.82, 2.24) is 15.1 Å². The Morgan fingerprint density at radius 2 is 1.52 bits per heavy atom. The van der Waals surface area contributed by atoms with Gasteiger partial charge in [-0.15, -0.1) is 0 Å². The number of piperazine rings is 1. The molecule has 0 spiro atoms. The molecule has 1 heterocycles. The Labute approximate surface area is 136 Å². The number of nitrogens with one attached hydrogen (secondary N) is 1. The number of urea groups is 1. The SMILES string of the molecule is O=C(NC1CCCC1)N1CCN(C(=O)c2ccc(O)cc2)CC1. The zero-order valence-corrected chi connectivity index (χ0v) is 13.2. The maximum atomic E-state index is 12.4. The zero-order chi connectivity index (χ0) is 16.2. The molecule has 1 saturated carbocycles. The van der Waals surface area contributed by atoms with Gasteiger partial charge in [0, 0.05) is 37.8 Å². The number of aromatic hydroxyl groups is 1. The molecule has 3 rings (SSSR count). The number of amides is 3. The predicted molar refractivity (Wildman–Crippen MR) is 86.4 cm³/mol. The van der Waals surface area contributed by atoms with Gasteiger partial charge in [-0.3, -0.25) is 4.79 Å². The molecule has 2 N–H and O–H groups in total. The van der Waals surface area contributed by atoms with Crippen molar-refractivity contribution in [3.05, 3.63) is 29.8 Å². The minimum atomic E-state index is -0.0548. The first-order chi connectivity index (χ1) is 11.1. The van der Waals surface area contributed by atoms with E-state index in [2.05, 4.69) is 5.32 Å². The molecule has 23 heavy (non-hydrogen) atoms. The Balaban J connectivity index is 1.50. The van der Waals surface area contributed by atoms with Gasteiger partial charge in [0.2, 0.25) is 0 Å². The van der Waals surface area contributed by atoms with Crippen LogP contribution in [0.2, 0.25) is 0 Å². The lowest BCUT2D eigenvalue weighted by Crippen LogP contribution is -2.54. The van der Waals surface area contributed by atoms with E-state index in [0.29, 0.717) is 37.8 Å². The molecule has 2 aliphatic rings. The van der Waals surface area contributed by atoms with E-state index in [-0.39, 0.29) is 17.7 Å². The van der Waals surface area contributed by atoms with Crippen LogP contribution < -0.4 is 5.32 Å². The van der Waals surface area contributed by atoms with Crippen molar-refractivity contribution in [3.8, 4) is 5.75 Å². The highest BCUT2D eigenvalue weighted by molar-refractivity contribution is 5.94. The molecule has 0 radical (unpaired) electrons. The summed E-state index contributed by atoms with van der Waals surface area (Å²) in [4.78, 5) is 28.2. The van der Waals surface area contributed by atoms with Crippen LogP contribution in [0.5, 0.6) is 5.75 Å². The maximum Gasteiger partial charge on any atom is 0.317 e. The number of phenols is 1. The van der Waals surface area contributed by atoms with Gasteiger partial charge in [-0.05, 0) is 37.1 Å². The molecule has 1 aliphatic carbocycles. The fraction of sp³-hybridized carbons (Fsp3) is 0.529. The number of rotatable bonds is 2. The largest absolute Gasteiger partial charge is 0.508 e. The fourth-order valence-electron chi connectivity index (χ4n) is 3.24. The second-order valence-electron chi connectivity index (χ2n) is 6.26. The zero-order valence-electron chi connectivity index (χ0n) is 13.2. The van der Waals surface area contributed by atoms with Crippen LogP contribution in [0.15, 0.2) is 24.3 Å². The van der Waals surface area contributed by atoms with Crippen molar-refractivity contribution in [2.75, 3.05) is 26.2 Å². The van der Waals surface area contributed by atoms with Gasteiger partial charge < -0.3 is 20.2 Å². The minimum Gasteiger partial charge on any atom is -0.508 e. The normalized spacial score (nSPS) is 19.0. The molecular weight excluding hydrogens is 294 g/mol. The van der Waals surface area contributed by atoms with E-state index < -0.39 is 0 Å². The molecule has 1 aliphatic heterocycles. The first-order valence-electron chi connectivity index (χ1n) is 8.27. The topological polar surface area (TPSA) is 72.9 Å². The highest BCUT2D eigenvalue weighted by atomic mass is 16.3. The minimum absolute atomic E-state index is 0.00590. The van der Waals surface area contributed by atoms with E-state index >= 15 is 0 Å². The van der Waals surface area contributed by atoms with Gasteiger partial charge in [0.15, 0.2) is 0 Å². The van der Waals surface area contributed by atoms with E-state index in [9.17, 15) is 14.7 Å². The van der Waals surface area contributed by atoms with E-state index in [1.54, 1.807) is 21.9 Å². The monoisotopic (exact) mass is 317 g/mol. The second kappa shape index (κ2) is 6.89. The molecule has 0 unspecified atom stereocenters. The summed E-state index contributed by atoms with van der Waals surface area (Å²) in [6.07, 6.45) is 4.54. The summed E-state index contributed by atoms with van der Waals surface area (Å²) in [6.45, 7) is 2.19. The highest BCUT2D eigenvalue weighted by Gasteiger charge is 2.26. The number of carbonyl (C=O) groups is 2. The summed E-state index contributed by atoms with van der Waals surface area (Å²) < 4.78 is 0. The average Bonchev–Trinajstić information content (AvgIpc) is 3.08. The Kier molecular flexibility index (Phi) is 4.69. The average molecular weight is 317 g/mol. The molecular formula is C17H23N3O3. The number of nitrogens with zero attached hydrogens (tertiary/aromatic N) is 2. The van der Waals surface area contributed by atoms with Gasteiger partial charge in [-0.25, -0.2) is 4.79 Å². The van der Waals surface area contributed by atoms with Crippen molar-refractivity contribution in [1.29, 1.82) is 0 Å². The van der Waals surface area contributed by atoms with Crippen LogP contribution in [0.1, 0.15) is 36.0 Å². The Hall–Kier alpha value is -2.24. The highest BCUT2D eigenvalue weighted by Crippen LogP contribution is 2.18. The third kappa shape index (κ3) is 3.75. The molecule has 1 aromatic rings. The maximum absolute atomic E-state index is 12.4. The van der Waals surface area contributed by atoms with Crippen molar-refractivity contribution in [3.63, 3.8) is 0 Å². The van der Waals surface area contributed by atoms with Crippen LogP contribution in [-0.2, 0) is 0 Å². The number of phenolic OH excluding ortho intramolecular Hbond substituents is 1. The van der Waals surface area contributed by atoms with Crippen molar-refractivity contribution < 1.29 is 14.7 Å². The van der Waals surface area contributed by atoms with Crippen LogP contribution >= 0.6 is 0 Å². The van der Waals surface area contributed by atoms with Crippen molar-refractivity contribution >= 4 is 11.9 Å². The molecule has 6 nitrogen and oxygen atoms in total. The molecule has 1 saturated heterocycles. The van der Waals surface area contributed by atoms with E-state index in [4.69, 9.17) is 0 Å². The van der Waals surface area contributed by atoms with E-state index in [1.807, 2.05) is 0 Å². The van der Waals surface area contributed by atoms with Gasteiger partial charge in [-0.1, -0.05) is 12.8 Å². The molecule has 1 aromatic carbocycles. The second-order valence-corrected chi connectivity index (χ2v) is 6.26. The molecule has 0 aromatic heterocycles. The number of hydrogen-bond acceptors (Lipinski definition) is 3. The number of hydrogen-bond donors (Lipinski definition) is 2. The van der Waals surface area contributed by atoms with E-state index in [1.165, 1.54) is 25.0 Å². The lowest BCUT2D eigenvalue weighted by molar-refractivity contribution is 0.0663. The van der Waals surface area contributed by atoms with Crippen LogP contribution in [0, 0.1) is 0 Å². The van der Waals surface area contributed by atoms with Gasteiger partial charge in [0.25, 0.3) is 5.91 Å². The van der Waals surface area contributed by atoms with Crippen LogP contribution in [-0.4, -0.2) is 59.1 Å². The van der Waals surface area contributed by atoms with Gasteiger partial charge in [0.1, 0.15) is 5.75 Å². The summed E-state index contributed by atoms with van der Waals surface area (Å²) in [7, 11) is 0. The van der Waals surface area contributed by atoms with Gasteiger partial charge >= 0.3 is 6.03 Å². The fourth-order valence-corrected chi connectivity index (χ4v) is 3.24. The molecule has 3 amide bonds. The number of benzene rings is 1. The van der Waals surface area contributed by atoms with E-state index in [0.717, 1.165) is 12.8 Å². The lowest BCUT2D eigenvalue weighted by atomic mass is 10.1. The summed E-state index contributed by atoms with van der Waals surface area (Å²) in [5.74, 6) is 0.0933. The Morgan fingerprint density at radius 3 is 2.13 bits per heavy atom. The predicted octanol–water partition coefficient (Wildman–Crippen LogP) is 1.80. The molecule has 0 atom stereocenters. The standard InChI is InChI=1S/C17H23N3O3/c21-15-7-5-13(6-8-15)16(22)19-9-11-20(12-10-19)17(23)18-14-3-1-2-4-14/h5-8,14,21H,1-4,9-12H2,(H,18,23). The number of carbonyl (C=O) groups excluding carboxylic acids is 2. The molecule has 0 bridgehead atoms. The van der Waals surface area contributed by atoms with Crippen LogP contribution in [0.25, 0.3) is 0 Å².